The van der Waals surface area contributed by atoms with Gasteiger partial charge in [0.2, 0.25) is 0 Å². The van der Waals surface area contributed by atoms with E-state index in [1.54, 1.807) is 12.1 Å². The van der Waals surface area contributed by atoms with E-state index >= 15 is 0 Å². The molecule has 0 saturated carbocycles. The van der Waals surface area contributed by atoms with Crippen molar-refractivity contribution in [3.05, 3.63) is 40.4 Å². The second-order valence-corrected chi connectivity index (χ2v) is 4.02. The normalized spacial score (nSPS) is 10.3. The minimum atomic E-state index is -0.234. The molecule has 2 rings (SSSR count). The van der Waals surface area contributed by atoms with Gasteiger partial charge in [0.25, 0.3) is 5.91 Å². The standard InChI is InChI=1S/C11H11ClN4O/c1-6-10(7(2)16-15-6)14-11(17)8-3-4-9(12)13-5-8/h3-5H,1-2H3,(H,14,17)(H,15,16). The lowest BCUT2D eigenvalue weighted by atomic mass is 10.2. The zero-order chi connectivity index (χ0) is 12.4. The maximum atomic E-state index is 11.9. The van der Waals surface area contributed by atoms with Gasteiger partial charge in [0.15, 0.2) is 0 Å². The fraction of sp³-hybridized carbons (Fsp3) is 0.182. The monoisotopic (exact) mass is 250 g/mol. The molecule has 0 fully saturated rings. The van der Waals surface area contributed by atoms with Crippen LogP contribution < -0.4 is 5.32 Å². The molecule has 0 aliphatic carbocycles. The van der Waals surface area contributed by atoms with Crippen LogP contribution in [0.15, 0.2) is 18.3 Å². The quantitative estimate of drug-likeness (QED) is 0.804. The summed E-state index contributed by atoms with van der Waals surface area (Å²) in [6.07, 6.45) is 1.43. The highest BCUT2D eigenvalue weighted by Gasteiger charge is 2.11. The van der Waals surface area contributed by atoms with E-state index in [1.165, 1.54) is 6.20 Å². The van der Waals surface area contributed by atoms with Crippen LogP contribution in [0.4, 0.5) is 5.69 Å². The molecule has 6 heteroatoms. The van der Waals surface area contributed by atoms with Gasteiger partial charge in [-0.15, -0.1) is 0 Å². The third-order valence-corrected chi connectivity index (χ3v) is 2.58. The Hall–Kier alpha value is -1.88. The summed E-state index contributed by atoms with van der Waals surface area (Å²) in [5.74, 6) is -0.234. The lowest BCUT2D eigenvalue weighted by molar-refractivity contribution is 0.102. The van der Waals surface area contributed by atoms with Crippen molar-refractivity contribution in [2.75, 3.05) is 5.32 Å². The van der Waals surface area contributed by atoms with Gasteiger partial charge in [0.05, 0.1) is 22.6 Å². The first-order chi connectivity index (χ1) is 8.08. The summed E-state index contributed by atoms with van der Waals surface area (Å²) in [7, 11) is 0. The summed E-state index contributed by atoms with van der Waals surface area (Å²) >= 11 is 5.65. The molecule has 0 radical (unpaired) electrons. The van der Waals surface area contributed by atoms with Crippen LogP contribution in [0.25, 0.3) is 0 Å². The lowest BCUT2D eigenvalue weighted by Gasteiger charge is -2.04. The number of carbonyl (C=O) groups excluding carboxylic acids is 1. The number of hydrogen-bond donors (Lipinski definition) is 2. The molecule has 0 bridgehead atoms. The summed E-state index contributed by atoms with van der Waals surface area (Å²) in [6.45, 7) is 3.66. The highest BCUT2D eigenvalue weighted by Crippen LogP contribution is 2.17. The Kier molecular flexibility index (Phi) is 3.10. The first-order valence-electron chi connectivity index (χ1n) is 5.02. The van der Waals surface area contributed by atoms with Gasteiger partial charge < -0.3 is 5.32 Å². The van der Waals surface area contributed by atoms with Crippen molar-refractivity contribution in [2.45, 2.75) is 13.8 Å². The van der Waals surface area contributed by atoms with Gasteiger partial charge >= 0.3 is 0 Å². The van der Waals surface area contributed by atoms with Crippen molar-refractivity contribution in [2.24, 2.45) is 0 Å². The molecule has 2 N–H and O–H groups in total. The van der Waals surface area contributed by atoms with Crippen molar-refractivity contribution < 1.29 is 4.79 Å². The van der Waals surface area contributed by atoms with Gasteiger partial charge in [-0.05, 0) is 26.0 Å². The number of aryl methyl sites for hydroxylation is 2. The zero-order valence-electron chi connectivity index (χ0n) is 9.41. The highest BCUT2D eigenvalue weighted by molar-refractivity contribution is 6.29. The summed E-state index contributed by atoms with van der Waals surface area (Å²) in [6, 6.07) is 3.20. The van der Waals surface area contributed by atoms with E-state index in [2.05, 4.69) is 20.5 Å². The topological polar surface area (TPSA) is 70.7 Å². The Bertz CT molecular complexity index is 528. The number of H-pyrrole nitrogens is 1. The molecule has 5 nitrogen and oxygen atoms in total. The molecule has 0 aliphatic heterocycles. The molecule has 0 aromatic carbocycles. The van der Waals surface area contributed by atoms with Crippen LogP contribution in [0.1, 0.15) is 21.7 Å². The summed E-state index contributed by atoms with van der Waals surface area (Å²) in [5, 5.41) is 9.94. The lowest BCUT2D eigenvalue weighted by Crippen LogP contribution is -2.13. The predicted octanol–water partition coefficient (Wildman–Crippen LogP) is 2.33. The Morgan fingerprint density at radius 3 is 2.71 bits per heavy atom. The predicted molar refractivity (Wildman–Crippen MR) is 65.3 cm³/mol. The third kappa shape index (κ3) is 2.45. The average Bonchev–Trinajstić information content (AvgIpc) is 2.61. The van der Waals surface area contributed by atoms with Gasteiger partial charge in [0, 0.05) is 6.20 Å². The zero-order valence-corrected chi connectivity index (χ0v) is 10.2. The van der Waals surface area contributed by atoms with Crippen LogP contribution in [0, 0.1) is 13.8 Å². The van der Waals surface area contributed by atoms with Gasteiger partial charge in [-0.2, -0.15) is 5.10 Å². The number of aromatic nitrogens is 3. The van der Waals surface area contributed by atoms with E-state index in [0.717, 1.165) is 11.4 Å². The van der Waals surface area contributed by atoms with Crippen molar-refractivity contribution >= 4 is 23.2 Å². The van der Waals surface area contributed by atoms with Crippen LogP contribution >= 0.6 is 11.6 Å². The van der Waals surface area contributed by atoms with E-state index < -0.39 is 0 Å². The molecule has 1 amide bonds. The molecule has 2 heterocycles. The second-order valence-electron chi connectivity index (χ2n) is 3.63. The summed E-state index contributed by atoms with van der Waals surface area (Å²) in [5.41, 5.74) is 2.72. The van der Waals surface area contributed by atoms with Crippen LogP contribution in [0.5, 0.6) is 0 Å². The van der Waals surface area contributed by atoms with E-state index in [1.807, 2.05) is 13.8 Å². The summed E-state index contributed by atoms with van der Waals surface area (Å²) < 4.78 is 0. The number of halogens is 1. The number of pyridine rings is 1. The maximum Gasteiger partial charge on any atom is 0.257 e. The Labute approximate surface area is 103 Å². The Balaban J connectivity index is 2.20. The first kappa shape index (κ1) is 11.6. The molecule has 2 aromatic heterocycles. The second kappa shape index (κ2) is 4.55. The molecular formula is C11H11ClN4O. The highest BCUT2D eigenvalue weighted by atomic mass is 35.5. The van der Waals surface area contributed by atoms with E-state index in [-0.39, 0.29) is 5.91 Å². The number of rotatable bonds is 2. The third-order valence-electron chi connectivity index (χ3n) is 2.36. The molecule has 0 aliphatic rings. The molecule has 0 atom stereocenters. The van der Waals surface area contributed by atoms with E-state index in [4.69, 9.17) is 11.6 Å². The van der Waals surface area contributed by atoms with Gasteiger partial charge in [-0.3, -0.25) is 9.89 Å². The van der Waals surface area contributed by atoms with Crippen LogP contribution in [0.2, 0.25) is 5.15 Å². The average molecular weight is 251 g/mol. The van der Waals surface area contributed by atoms with E-state index in [9.17, 15) is 4.79 Å². The number of amides is 1. The largest absolute Gasteiger partial charge is 0.319 e. The maximum absolute atomic E-state index is 11.9. The van der Waals surface area contributed by atoms with Gasteiger partial charge in [-0.1, -0.05) is 11.6 Å². The van der Waals surface area contributed by atoms with Crippen molar-refractivity contribution in [1.29, 1.82) is 0 Å². The molecule has 88 valence electrons. The number of hydrogen-bond acceptors (Lipinski definition) is 3. The Morgan fingerprint density at radius 1 is 1.41 bits per heavy atom. The smallest absolute Gasteiger partial charge is 0.257 e. The number of nitrogens with one attached hydrogen (secondary N) is 2. The summed E-state index contributed by atoms with van der Waals surface area (Å²) in [4.78, 5) is 15.7. The van der Waals surface area contributed by atoms with Crippen LogP contribution in [0.3, 0.4) is 0 Å². The van der Waals surface area contributed by atoms with Gasteiger partial charge in [0.1, 0.15) is 5.15 Å². The first-order valence-corrected chi connectivity index (χ1v) is 5.40. The minimum Gasteiger partial charge on any atom is -0.319 e. The Morgan fingerprint density at radius 2 is 2.18 bits per heavy atom. The number of aromatic amines is 1. The molecule has 2 aromatic rings. The molecule has 0 spiro atoms. The molecule has 0 unspecified atom stereocenters. The van der Waals surface area contributed by atoms with Crippen molar-refractivity contribution in [1.82, 2.24) is 15.2 Å². The van der Waals surface area contributed by atoms with Gasteiger partial charge in [-0.25, -0.2) is 4.98 Å². The fourth-order valence-corrected chi connectivity index (χ4v) is 1.54. The van der Waals surface area contributed by atoms with Crippen molar-refractivity contribution in [3.63, 3.8) is 0 Å². The number of anilines is 1. The molecule has 0 saturated heterocycles. The number of carbonyl (C=O) groups is 1. The minimum absolute atomic E-state index is 0.234. The van der Waals surface area contributed by atoms with E-state index in [0.29, 0.717) is 16.4 Å². The van der Waals surface area contributed by atoms with Crippen LogP contribution in [-0.4, -0.2) is 21.1 Å². The number of nitrogens with zero attached hydrogens (tertiary/aromatic N) is 2. The van der Waals surface area contributed by atoms with Crippen LogP contribution in [-0.2, 0) is 0 Å². The SMILES string of the molecule is Cc1n[nH]c(C)c1NC(=O)c1ccc(Cl)nc1. The fourth-order valence-electron chi connectivity index (χ4n) is 1.43. The van der Waals surface area contributed by atoms with Crippen molar-refractivity contribution in [3.8, 4) is 0 Å². The molecule has 17 heavy (non-hydrogen) atoms. The molecular weight excluding hydrogens is 240 g/mol.